The van der Waals surface area contributed by atoms with Crippen molar-refractivity contribution in [3.8, 4) is 17.2 Å². The van der Waals surface area contributed by atoms with Gasteiger partial charge in [-0.15, -0.1) is 0 Å². The lowest BCUT2D eigenvalue weighted by Crippen LogP contribution is -2.31. The zero-order valence-electron chi connectivity index (χ0n) is 19.7. The van der Waals surface area contributed by atoms with E-state index in [0.717, 1.165) is 47.2 Å². The van der Waals surface area contributed by atoms with Crippen LogP contribution in [0.4, 0.5) is 0 Å². The van der Waals surface area contributed by atoms with Gasteiger partial charge in [-0.1, -0.05) is 62.7 Å². The third-order valence-electron chi connectivity index (χ3n) is 6.20. The van der Waals surface area contributed by atoms with E-state index in [1.165, 1.54) is 0 Å². The Balaban J connectivity index is 1.81. The monoisotopic (exact) mass is 439 g/mol. The van der Waals surface area contributed by atoms with Gasteiger partial charge >= 0.3 is 0 Å². The van der Waals surface area contributed by atoms with Crippen LogP contribution in [-0.4, -0.2) is 19.2 Å². The van der Waals surface area contributed by atoms with Gasteiger partial charge in [0.25, 0.3) is 5.56 Å². The molecule has 2 aromatic heterocycles. The number of aromatic nitrogens is 4. The van der Waals surface area contributed by atoms with E-state index in [2.05, 4.69) is 36.9 Å². The molecule has 0 amide bonds. The third-order valence-corrected chi connectivity index (χ3v) is 6.20. The second kappa shape index (κ2) is 9.41. The number of aryl methyl sites for hydroxylation is 2. The maximum atomic E-state index is 13.7. The van der Waals surface area contributed by atoms with Crippen LogP contribution in [0.25, 0.3) is 16.9 Å². The molecule has 1 unspecified atom stereocenters. The Morgan fingerprint density at radius 1 is 1.09 bits per heavy atom. The number of fused-ring (bicyclic) bond motifs is 1. The molecule has 6 heteroatoms. The highest BCUT2D eigenvalue weighted by Crippen LogP contribution is 2.25. The second-order valence-corrected chi connectivity index (χ2v) is 8.51. The van der Waals surface area contributed by atoms with Crippen molar-refractivity contribution in [2.24, 2.45) is 0 Å². The zero-order chi connectivity index (χ0) is 23.5. The highest BCUT2D eigenvalue weighted by molar-refractivity contribution is 5.70. The van der Waals surface area contributed by atoms with E-state index in [-0.39, 0.29) is 11.6 Å². The van der Waals surface area contributed by atoms with Crippen LogP contribution in [0.1, 0.15) is 67.9 Å². The fourth-order valence-electron chi connectivity index (χ4n) is 4.32. The van der Waals surface area contributed by atoms with Gasteiger partial charge in [0, 0.05) is 18.0 Å². The summed E-state index contributed by atoms with van der Waals surface area (Å²) in [5.41, 5.74) is 5.34. The molecule has 2 aromatic carbocycles. The number of hydrogen-bond donors (Lipinski definition) is 0. The molecule has 4 rings (SSSR count). The molecule has 1 atom stereocenters. The highest BCUT2D eigenvalue weighted by atomic mass is 16.1. The topological polar surface area (TPSA) is 76.0 Å². The number of nitrogens with zero attached hydrogens (tertiary/aromatic N) is 5. The molecular formula is C27H29N5O. The Kier molecular flexibility index (Phi) is 6.41. The van der Waals surface area contributed by atoms with E-state index in [0.29, 0.717) is 23.6 Å². The first-order valence-corrected chi connectivity index (χ1v) is 11.6. The van der Waals surface area contributed by atoms with Crippen LogP contribution in [0.5, 0.6) is 0 Å². The van der Waals surface area contributed by atoms with E-state index < -0.39 is 0 Å². The molecule has 0 bridgehead atoms. The van der Waals surface area contributed by atoms with Gasteiger partial charge in [0.2, 0.25) is 5.78 Å². The molecule has 0 radical (unpaired) electrons. The van der Waals surface area contributed by atoms with E-state index in [1.54, 1.807) is 4.57 Å². The molecule has 4 aromatic rings. The highest BCUT2D eigenvalue weighted by Gasteiger charge is 2.21. The molecule has 2 heterocycles. The zero-order valence-corrected chi connectivity index (χ0v) is 19.7. The average Bonchev–Trinajstić information content (AvgIpc) is 3.22. The molecule has 0 N–H and O–H groups in total. The van der Waals surface area contributed by atoms with Crippen molar-refractivity contribution in [1.82, 2.24) is 19.2 Å². The largest absolute Gasteiger partial charge is 0.274 e. The Morgan fingerprint density at radius 2 is 1.82 bits per heavy atom. The summed E-state index contributed by atoms with van der Waals surface area (Å²) in [6, 6.07) is 18.0. The van der Waals surface area contributed by atoms with Gasteiger partial charge in [0.05, 0.1) is 17.3 Å². The summed E-state index contributed by atoms with van der Waals surface area (Å²) in [6.07, 6.45) is 3.04. The molecule has 0 saturated heterocycles. The predicted molar refractivity (Wildman–Crippen MR) is 130 cm³/mol. The van der Waals surface area contributed by atoms with E-state index >= 15 is 0 Å². The van der Waals surface area contributed by atoms with E-state index in [1.807, 2.05) is 60.0 Å². The Hall–Kier alpha value is -3.72. The summed E-state index contributed by atoms with van der Waals surface area (Å²) in [6.45, 7) is 8.11. The maximum absolute atomic E-state index is 13.7. The van der Waals surface area contributed by atoms with Crippen molar-refractivity contribution in [2.45, 2.75) is 59.4 Å². The predicted octanol–water partition coefficient (Wildman–Crippen LogP) is 5.25. The summed E-state index contributed by atoms with van der Waals surface area (Å²) >= 11 is 0. The van der Waals surface area contributed by atoms with Crippen LogP contribution < -0.4 is 5.56 Å². The molecule has 0 aliphatic carbocycles. The number of benzene rings is 2. The number of hydrogen-bond acceptors (Lipinski definition) is 4. The molecular weight excluding hydrogens is 410 g/mol. The SMILES string of the molecule is CCCc1c(Cc2ccc(-c3ccccc3C#N)cc2)c(=O)n(C(C)CC)c2nc(C)nn12. The molecule has 0 saturated carbocycles. The quantitative estimate of drug-likeness (QED) is 0.394. The smallest absolute Gasteiger partial charge is 0.259 e. The van der Waals surface area contributed by atoms with Crippen molar-refractivity contribution < 1.29 is 0 Å². The van der Waals surface area contributed by atoms with Gasteiger partial charge in [-0.2, -0.15) is 15.3 Å². The lowest BCUT2D eigenvalue weighted by molar-refractivity contribution is 0.510. The van der Waals surface area contributed by atoms with E-state index in [4.69, 9.17) is 0 Å². The van der Waals surface area contributed by atoms with Crippen molar-refractivity contribution in [2.75, 3.05) is 0 Å². The Bertz CT molecular complexity index is 1390. The summed E-state index contributed by atoms with van der Waals surface area (Å²) < 4.78 is 3.67. The van der Waals surface area contributed by atoms with Crippen LogP contribution >= 0.6 is 0 Å². The van der Waals surface area contributed by atoms with Gasteiger partial charge in [0.15, 0.2) is 0 Å². The molecule has 33 heavy (non-hydrogen) atoms. The van der Waals surface area contributed by atoms with Gasteiger partial charge in [-0.3, -0.25) is 9.36 Å². The van der Waals surface area contributed by atoms with Crippen molar-refractivity contribution in [1.29, 1.82) is 5.26 Å². The summed E-state index contributed by atoms with van der Waals surface area (Å²) in [4.78, 5) is 18.3. The minimum absolute atomic E-state index is 0.0200. The lowest BCUT2D eigenvalue weighted by atomic mass is 9.97. The van der Waals surface area contributed by atoms with Crippen LogP contribution in [-0.2, 0) is 12.8 Å². The standard InChI is InChI=1S/C27H29N5O/c1-5-9-25-24(26(33)31(18(3)6-2)27-29-19(4)30-32(25)27)16-20-12-14-21(15-13-20)23-11-8-7-10-22(23)17-28/h7-8,10-15,18H,5-6,9,16H2,1-4H3. The third kappa shape index (κ3) is 4.19. The van der Waals surface area contributed by atoms with Crippen LogP contribution in [0.2, 0.25) is 0 Å². The number of nitriles is 1. The first-order chi connectivity index (χ1) is 16.0. The van der Waals surface area contributed by atoms with Crippen molar-refractivity contribution in [3.05, 3.63) is 87.1 Å². The molecule has 6 nitrogen and oxygen atoms in total. The summed E-state index contributed by atoms with van der Waals surface area (Å²) in [5, 5.41) is 14.1. The lowest BCUT2D eigenvalue weighted by Gasteiger charge is -2.19. The molecule has 0 aliphatic rings. The van der Waals surface area contributed by atoms with E-state index in [9.17, 15) is 10.1 Å². The van der Waals surface area contributed by atoms with Gasteiger partial charge in [0.1, 0.15) is 5.82 Å². The fourth-order valence-corrected chi connectivity index (χ4v) is 4.32. The second-order valence-electron chi connectivity index (χ2n) is 8.51. The molecule has 168 valence electrons. The van der Waals surface area contributed by atoms with Crippen molar-refractivity contribution >= 4 is 5.78 Å². The van der Waals surface area contributed by atoms with Gasteiger partial charge < -0.3 is 0 Å². The Labute approximate surface area is 194 Å². The summed E-state index contributed by atoms with van der Waals surface area (Å²) in [5.74, 6) is 1.30. The summed E-state index contributed by atoms with van der Waals surface area (Å²) in [7, 11) is 0. The fraction of sp³-hybridized carbons (Fsp3) is 0.333. The van der Waals surface area contributed by atoms with Crippen LogP contribution in [0.3, 0.4) is 0 Å². The normalized spacial score (nSPS) is 12.1. The van der Waals surface area contributed by atoms with Gasteiger partial charge in [-0.25, -0.2) is 4.52 Å². The number of rotatable bonds is 7. The molecule has 0 spiro atoms. The molecule has 0 aliphatic heterocycles. The minimum Gasteiger partial charge on any atom is -0.274 e. The van der Waals surface area contributed by atoms with Crippen LogP contribution in [0, 0.1) is 18.3 Å². The minimum atomic E-state index is 0.0200. The van der Waals surface area contributed by atoms with Gasteiger partial charge in [-0.05, 0) is 49.4 Å². The first kappa shape index (κ1) is 22.5. The van der Waals surface area contributed by atoms with Crippen molar-refractivity contribution in [3.63, 3.8) is 0 Å². The first-order valence-electron chi connectivity index (χ1n) is 11.6. The Morgan fingerprint density at radius 3 is 2.48 bits per heavy atom. The molecule has 0 fully saturated rings. The maximum Gasteiger partial charge on any atom is 0.259 e. The average molecular weight is 440 g/mol. The van der Waals surface area contributed by atoms with Crippen LogP contribution in [0.15, 0.2) is 53.3 Å².